The summed E-state index contributed by atoms with van der Waals surface area (Å²) in [5.74, 6) is 0.104. The molecule has 0 radical (unpaired) electrons. The molecule has 0 spiro atoms. The van der Waals surface area contributed by atoms with Crippen molar-refractivity contribution in [3.8, 4) is 5.69 Å². The van der Waals surface area contributed by atoms with Gasteiger partial charge in [-0.1, -0.05) is 18.2 Å². The fraction of sp³-hybridized carbons (Fsp3) is 0.300. The van der Waals surface area contributed by atoms with Gasteiger partial charge in [-0.25, -0.2) is 13.9 Å². The van der Waals surface area contributed by atoms with Crippen LogP contribution in [0.2, 0.25) is 0 Å². The lowest BCUT2D eigenvalue weighted by molar-refractivity contribution is -0.0400. The molecule has 2 aromatic carbocycles. The zero-order chi connectivity index (χ0) is 18.4. The first kappa shape index (κ1) is 16.3. The van der Waals surface area contributed by atoms with Crippen LogP contribution in [0, 0.1) is 11.7 Å². The number of nitrogens with zero attached hydrogens (tertiary/aromatic N) is 4. The number of rotatable bonds is 4. The Labute approximate surface area is 155 Å². The number of urea groups is 1. The lowest BCUT2D eigenvalue weighted by Gasteiger charge is -2.30. The van der Waals surface area contributed by atoms with Gasteiger partial charge in [0.1, 0.15) is 11.5 Å². The van der Waals surface area contributed by atoms with E-state index in [0.717, 1.165) is 36.3 Å². The molecule has 3 aromatic rings. The number of ether oxygens (including phenoxy) is 1. The average molecular weight is 366 g/mol. The highest BCUT2D eigenvalue weighted by Gasteiger charge is 2.33. The van der Waals surface area contributed by atoms with E-state index in [0.29, 0.717) is 24.7 Å². The summed E-state index contributed by atoms with van der Waals surface area (Å²) >= 11 is 0. The molecular weight excluding hydrogens is 347 g/mol. The molecular formula is C20H19FN4O2. The summed E-state index contributed by atoms with van der Waals surface area (Å²) in [5.41, 5.74) is 1.98. The maximum absolute atomic E-state index is 14.2. The average Bonchev–Trinajstić information content (AvgIpc) is 3.22. The number of halogens is 1. The molecule has 0 atom stereocenters. The molecule has 2 amide bonds. The van der Waals surface area contributed by atoms with Crippen LogP contribution in [0.3, 0.4) is 0 Å². The molecule has 27 heavy (non-hydrogen) atoms. The van der Waals surface area contributed by atoms with Gasteiger partial charge in [0.25, 0.3) is 0 Å². The van der Waals surface area contributed by atoms with Crippen molar-refractivity contribution in [3.05, 3.63) is 54.5 Å². The molecule has 5 rings (SSSR count). The number of benzene rings is 2. The molecule has 0 bridgehead atoms. The van der Waals surface area contributed by atoms with Crippen molar-refractivity contribution in [2.45, 2.75) is 0 Å². The van der Waals surface area contributed by atoms with Crippen LogP contribution >= 0.6 is 0 Å². The lowest BCUT2D eigenvalue weighted by Crippen LogP contribution is -2.41. The highest BCUT2D eigenvalue weighted by atomic mass is 19.1. The summed E-state index contributed by atoms with van der Waals surface area (Å²) in [6.45, 7) is 3.53. The number of para-hydroxylation sites is 1. The SMILES string of the molecule is O=C1N(CC2COC2)CCN1c1cccc2c1cnn2-c1ccccc1F. The molecule has 7 heteroatoms. The Morgan fingerprint density at radius 2 is 1.89 bits per heavy atom. The van der Waals surface area contributed by atoms with Gasteiger partial charge in [0, 0.05) is 30.9 Å². The van der Waals surface area contributed by atoms with Crippen molar-refractivity contribution in [2.75, 3.05) is 37.7 Å². The fourth-order valence-corrected chi connectivity index (χ4v) is 3.76. The Morgan fingerprint density at radius 3 is 2.67 bits per heavy atom. The van der Waals surface area contributed by atoms with E-state index in [1.807, 2.05) is 23.1 Å². The molecule has 0 unspecified atom stereocenters. The van der Waals surface area contributed by atoms with E-state index in [4.69, 9.17) is 4.74 Å². The number of hydrogen-bond donors (Lipinski definition) is 0. The van der Waals surface area contributed by atoms with Gasteiger partial charge < -0.3 is 9.64 Å². The second-order valence-corrected chi connectivity index (χ2v) is 7.00. The number of hydrogen-bond acceptors (Lipinski definition) is 3. The third-order valence-corrected chi connectivity index (χ3v) is 5.24. The zero-order valence-electron chi connectivity index (χ0n) is 14.7. The molecule has 2 saturated heterocycles. The van der Waals surface area contributed by atoms with Crippen LogP contribution in [0.5, 0.6) is 0 Å². The quantitative estimate of drug-likeness (QED) is 0.713. The Bertz CT molecular complexity index is 1010. The predicted molar refractivity (Wildman–Crippen MR) is 99.7 cm³/mol. The second-order valence-electron chi connectivity index (χ2n) is 7.00. The van der Waals surface area contributed by atoms with Crippen molar-refractivity contribution in [3.63, 3.8) is 0 Å². The number of carbonyl (C=O) groups is 1. The van der Waals surface area contributed by atoms with Crippen LogP contribution < -0.4 is 4.90 Å². The predicted octanol–water partition coefficient (Wildman–Crippen LogP) is 3.05. The molecule has 2 aliphatic rings. The minimum Gasteiger partial charge on any atom is -0.381 e. The van der Waals surface area contributed by atoms with Crippen molar-refractivity contribution in [1.29, 1.82) is 0 Å². The lowest BCUT2D eigenvalue weighted by atomic mass is 10.1. The summed E-state index contributed by atoms with van der Waals surface area (Å²) in [6.07, 6.45) is 1.70. The largest absolute Gasteiger partial charge is 0.381 e. The van der Waals surface area contributed by atoms with E-state index in [-0.39, 0.29) is 11.8 Å². The van der Waals surface area contributed by atoms with Gasteiger partial charge in [-0.3, -0.25) is 4.90 Å². The molecule has 2 fully saturated rings. The van der Waals surface area contributed by atoms with Gasteiger partial charge in [0.2, 0.25) is 0 Å². The van der Waals surface area contributed by atoms with Crippen LogP contribution in [0.25, 0.3) is 16.6 Å². The number of amides is 2. The summed E-state index contributed by atoms with van der Waals surface area (Å²) in [5, 5.41) is 5.22. The van der Waals surface area contributed by atoms with Crippen LogP contribution in [0.15, 0.2) is 48.7 Å². The van der Waals surface area contributed by atoms with Crippen LogP contribution in [0.4, 0.5) is 14.9 Å². The van der Waals surface area contributed by atoms with Crippen molar-refractivity contribution in [2.24, 2.45) is 5.92 Å². The number of carbonyl (C=O) groups excluding carboxylic acids is 1. The Morgan fingerprint density at radius 1 is 1.07 bits per heavy atom. The monoisotopic (exact) mass is 366 g/mol. The highest BCUT2D eigenvalue weighted by molar-refractivity contribution is 6.03. The van der Waals surface area contributed by atoms with Crippen molar-refractivity contribution < 1.29 is 13.9 Å². The van der Waals surface area contributed by atoms with Gasteiger partial charge in [-0.05, 0) is 24.3 Å². The van der Waals surface area contributed by atoms with Crippen LogP contribution in [-0.4, -0.2) is 53.6 Å². The molecule has 2 aliphatic heterocycles. The third-order valence-electron chi connectivity index (χ3n) is 5.24. The minimum atomic E-state index is -0.334. The molecule has 3 heterocycles. The minimum absolute atomic E-state index is 0.00745. The molecule has 6 nitrogen and oxygen atoms in total. The number of fused-ring (bicyclic) bond motifs is 1. The molecule has 0 saturated carbocycles. The van der Waals surface area contributed by atoms with Crippen molar-refractivity contribution in [1.82, 2.24) is 14.7 Å². The summed E-state index contributed by atoms with van der Waals surface area (Å²) in [6, 6.07) is 12.2. The Balaban J connectivity index is 1.50. The number of anilines is 1. The normalized spacial score (nSPS) is 17.7. The number of aromatic nitrogens is 2. The van der Waals surface area contributed by atoms with E-state index in [1.165, 1.54) is 6.07 Å². The molecule has 0 aliphatic carbocycles. The maximum Gasteiger partial charge on any atom is 0.324 e. The summed E-state index contributed by atoms with van der Waals surface area (Å²) in [4.78, 5) is 16.5. The Hall–Kier alpha value is -2.93. The highest BCUT2D eigenvalue weighted by Crippen LogP contribution is 2.31. The van der Waals surface area contributed by atoms with Gasteiger partial charge >= 0.3 is 6.03 Å². The summed E-state index contributed by atoms with van der Waals surface area (Å²) in [7, 11) is 0. The summed E-state index contributed by atoms with van der Waals surface area (Å²) < 4.78 is 21.0. The van der Waals surface area contributed by atoms with E-state index in [9.17, 15) is 9.18 Å². The third kappa shape index (κ3) is 2.66. The smallest absolute Gasteiger partial charge is 0.324 e. The van der Waals surface area contributed by atoms with Gasteiger partial charge in [0.05, 0.1) is 30.6 Å². The zero-order valence-corrected chi connectivity index (χ0v) is 14.7. The maximum atomic E-state index is 14.2. The van der Waals surface area contributed by atoms with E-state index >= 15 is 0 Å². The topological polar surface area (TPSA) is 50.6 Å². The van der Waals surface area contributed by atoms with Gasteiger partial charge in [0.15, 0.2) is 0 Å². The standard InChI is InChI=1S/C20H19FN4O2/c21-16-4-1-2-5-19(16)25-18-7-3-6-17(15(18)10-22-25)24-9-8-23(20(24)26)11-14-12-27-13-14/h1-7,10,14H,8-9,11-13H2. The molecule has 138 valence electrons. The van der Waals surface area contributed by atoms with Crippen LogP contribution in [0.1, 0.15) is 0 Å². The van der Waals surface area contributed by atoms with Crippen molar-refractivity contribution >= 4 is 22.6 Å². The van der Waals surface area contributed by atoms with E-state index in [1.54, 1.807) is 34.0 Å². The second kappa shape index (κ2) is 6.35. The van der Waals surface area contributed by atoms with Gasteiger partial charge in [-0.15, -0.1) is 0 Å². The van der Waals surface area contributed by atoms with Gasteiger partial charge in [-0.2, -0.15) is 5.10 Å². The molecule has 0 N–H and O–H groups in total. The molecule has 1 aromatic heterocycles. The first-order valence-corrected chi connectivity index (χ1v) is 9.08. The van der Waals surface area contributed by atoms with E-state index < -0.39 is 0 Å². The fourth-order valence-electron chi connectivity index (χ4n) is 3.76. The Kier molecular flexibility index (Phi) is 3.82. The first-order chi connectivity index (χ1) is 13.2. The van der Waals surface area contributed by atoms with Crippen LogP contribution in [-0.2, 0) is 4.74 Å². The van der Waals surface area contributed by atoms with E-state index in [2.05, 4.69) is 5.10 Å². The first-order valence-electron chi connectivity index (χ1n) is 9.08.